The Bertz CT molecular complexity index is 971. The highest BCUT2D eigenvalue weighted by Gasteiger charge is 2.53. The summed E-state index contributed by atoms with van der Waals surface area (Å²) in [6, 6.07) is 15.3. The number of hydrogen-bond acceptors (Lipinski definition) is 3. The second kappa shape index (κ2) is 8.46. The minimum Gasteiger partial charge on any atom is -0.342 e. The Morgan fingerprint density at radius 2 is 1.63 bits per heavy atom. The maximum atomic E-state index is 13.0. The minimum atomic E-state index is -0.163. The highest BCUT2D eigenvalue weighted by atomic mass is 16.2. The van der Waals surface area contributed by atoms with Crippen molar-refractivity contribution in [2.75, 3.05) is 26.2 Å². The van der Waals surface area contributed by atoms with Crippen LogP contribution in [0.2, 0.25) is 0 Å². The van der Waals surface area contributed by atoms with Crippen LogP contribution in [-0.4, -0.2) is 52.4 Å². The van der Waals surface area contributed by atoms with Gasteiger partial charge in [0, 0.05) is 56.2 Å². The van der Waals surface area contributed by atoms with E-state index in [1.807, 2.05) is 34.9 Å². The first-order chi connectivity index (χ1) is 14.5. The lowest BCUT2D eigenvalue weighted by atomic mass is 9.76. The number of aromatic nitrogens is 1. The fraction of sp³-hybridized carbons (Fsp3) is 0.458. The molecule has 30 heavy (non-hydrogen) atoms. The molecule has 158 valence electrons. The van der Waals surface area contributed by atoms with Gasteiger partial charge in [-0.25, -0.2) is 0 Å². The molecule has 3 heterocycles. The standard InChI is InChI=1S/C24H29N3O3/c1-2-21(28)26-14-20-15-27(23(30)16-25-13-7-6-10-22(25)29)18-24(20,17-26)12-11-19-8-4-3-5-9-19/h3-10,13,20H,2,11-12,14-18H2,1H3/t20-,24+/m1/s1. The summed E-state index contributed by atoms with van der Waals surface area (Å²) in [4.78, 5) is 41.2. The SMILES string of the molecule is CCC(=O)N1C[C@@H]2CN(C(=O)Cn3ccccc3=O)C[C@]2(CCc2ccccc2)C1. The van der Waals surface area contributed by atoms with Gasteiger partial charge in [0.1, 0.15) is 6.54 Å². The van der Waals surface area contributed by atoms with Crippen LogP contribution in [0, 0.1) is 11.3 Å². The Labute approximate surface area is 177 Å². The molecule has 0 aliphatic carbocycles. The third kappa shape index (κ3) is 4.04. The average Bonchev–Trinajstić information content (AvgIpc) is 3.29. The molecule has 1 aromatic carbocycles. The first kappa shape index (κ1) is 20.4. The Hall–Kier alpha value is -2.89. The summed E-state index contributed by atoms with van der Waals surface area (Å²) in [7, 11) is 0. The molecule has 6 heteroatoms. The van der Waals surface area contributed by atoms with Crippen molar-refractivity contribution in [3.8, 4) is 0 Å². The molecular formula is C24H29N3O3. The summed E-state index contributed by atoms with van der Waals surface area (Å²) in [6.07, 6.45) is 4.06. The molecular weight excluding hydrogens is 378 g/mol. The molecule has 0 saturated carbocycles. The van der Waals surface area contributed by atoms with Gasteiger partial charge in [-0.3, -0.25) is 14.4 Å². The van der Waals surface area contributed by atoms with Crippen molar-refractivity contribution in [1.29, 1.82) is 0 Å². The van der Waals surface area contributed by atoms with Crippen molar-refractivity contribution < 1.29 is 9.59 Å². The van der Waals surface area contributed by atoms with Crippen LogP contribution < -0.4 is 5.56 Å². The Morgan fingerprint density at radius 1 is 0.967 bits per heavy atom. The number of nitrogens with zero attached hydrogens (tertiary/aromatic N) is 3. The maximum absolute atomic E-state index is 13.0. The van der Waals surface area contributed by atoms with Crippen LogP contribution in [0.5, 0.6) is 0 Å². The molecule has 0 unspecified atom stereocenters. The van der Waals surface area contributed by atoms with E-state index < -0.39 is 0 Å². The number of pyridine rings is 1. The van der Waals surface area contributed by atoms with Gasteiger partial charge in [0.2, 0.25) is 11.8 Å². The number of hydrogen-bond donors (Lipinski definition) is 0. The smallest absolute Gasteiger partial charge is 0.250 e. The fourth-order valence-electron chi connectivity index (χ4n) is 5.02. The van der Waals surface area contributed by atoms with Gasteiger partial charge in [-0.15, -0.1) is 0 Å². The molecule has 2 aromatic rings. The molecule has 2 atom stereocenters. The van der Waals surface area contributed by atoms with Gasteiger partial charge in [-0.2, -0.15) is 0 Å². The molecule has 2 aliphatic rings. The number of carbonyl (C=O) groups is 2. The van der Waals surface area contributed by atoms with E-state index >= 15 is 0 Å². The lowest BCUT2D eigenvalue weighted by molar-refractivity contribution is -0.132. The molecule has 2 amide bonds. The highest BCUT2D eigenvalue weighted by molar-refractivity contribution is 5.78. The predicted octanol–water partition coefficient (Wildman–Crippen LogP) is 2.18. The zero-order chi connectivity index (χ0) is 21.1. The van der Waals surface area contributed by atoms with E-state index in [9.17, 15) is 14.4 Å². The average molecular weight is 408 g/mol. The van der Waals surface area contributed by atoms with Crippen LogP contribution in [0.25, 0.3) is 0 Å². The second-order valence-electron chi connectivity index (χ2n) is 8.61. The third-order valence-electron chi connectivity index (χ3n) is 6.73. The van der Waals surface area contributed by atoms with Crippen LogP contribution in [0.1, 0.15) is 25.3 Å². The summed E-state index contributed by atoms with van der Waals surface area (Å²) in [5, 5.41) is 0. The van der Waals surface area contributed by atoms with E-state index in [4.69, 9.17) is 0 Å². The van der Waals surface area contributed by atoms with Gasteiger partial charge >= 0.3 is 0 Å². The minimum absolute atomic E-state index is 0.0230. The predicted molar refractivity (Wildman–Crippen MR) is 115 cm³/mol. The molecule has 1 aromatic heterocycles. The third-order valence-corrected chi connectivity index (χ3v) is 6.73. The van der Waals surface area contributed by atoms with Gasteiger partial charge in [0.25, 0.3) is 5.56 Å². The highest BCUT2D eigenvalue weighted by Crippen LogP contribution is 2.46. The van der Waals surface area contributed by atoms with Gasteiger partial charge in [0.15, 0.2) is 0 Å². The normalized spacial score (nSPS) is 22.9. The molecule has 2 aliphatic heterocycles. The van der Waals surface area contributed by atoms with Crippen LogP contribution in [0.15, 0.2) is 59.5 Å². The number of carbonyl (C=O) groups excluding carboxylic acids is 2. The number of aryl methyl sites for hydroxylation is 1. The lowest BCUT2D eigenvalue weighted by Gasteiger charge is -2.29. The topological polar surface area (TPSA) is 62.6 Å². The molecule has 2 fully saturated rings. The number of amides is 2. The van der Waals surface area contributed by atoms with Crippen molar-refractivity contribution in [3.63, 3.8) is 0 Å². The fourth-order valence-corrected chi connectivity index (χ4v) is 5.02. The monoisotopic (exact) mass is 407 g/mol. The first-order valence-electron chi connectivity index (χ1n) is 10.8. The summed E-state index contributed by atoms with van der Waals surface area (Å²) < 4.78 is 1.46. The number of benzene rings is 1. The number of fused-ring (bicyclic) bond motifs is 1. The van der Waals surface area contributed by atoms with Crippen molar-refractivity contribution in [1.82, 2.24) is 14.4 Å². The molecule has 6 nitrogen and oxygen atoms in total. The largest absolute Gasteiger partial charge is 0.342 e. The molecule has 0 N–H and O–H groups in total. The van der Waals surface area contributed by atoms with E-state index in [2.05, 4.69) is 12.1 Å². The van der Waals surface area contributed by atoms with E-state index in [1.54, 1.807) is 18.3 Å². The number of likely N-dealkylation sites (tertiary alicyclic amines) is 2. The Morgan fingerprint density at radius 3 is 2.30 bits per heavy atom. The van der Waals surface area contributed by atoms with Gasteiger partial charge in [-0.1, -0.05) is 43.3 Å². The summed E-state index contributed by atoms with van der Waals surface area (Å²) in [5.41, 5.74) is 1.05. The quantitative estimate of drug-likeness (QED) is 0.737. The van der Waals surface area contributed by atoms with Crippen molar-refractivity contribution in [2.45, 2.75) is 32.7 Å². The molecule has 0 radical (unpaired) electrons. The van der Waals surface area contributed by atoms with Crippen molar-refractivity contribution in [2.24, 2.45) is 11.3 Å². The Balaban J connectivity index is 1.50. The molecule has 4 rings (SSSR count). The first-order valence-corrected chi connectivity index (χ1v) is 10.8. The van der Waals surface area contributed by atoms with E-state index in [0.29, 0.717) is 26.1 Å². The van der Waals surface area contributed by atoms with Crippen molar-refractivity contribution in [3.05, 3.63) is 70.6 Å². The van der Waals surface area contributed by atoms with Crippen molar-refractivity contribution >= 4 is 11.8 Å². The summed E-state index contributed by atoms with van der Waals surface area (Å²) in [6.45, 7) is 4.71. The zero-order valence-corrected chi connectivity index (χ0v) is 17.5. The maximum Gasteiger partial charge on any atom is 0.250 e. The second-order valence-corrected chi connectivity index (χ2v) is 8.61. The Kier molecular flexibility index (Phi) is 5.75. The lowest BCUT2D eigenvalue weighted by Crippen LogP contribution is -2.40. The number of rotatable bonds is 6. The van der Waals surface area contributed by atoms with E-state index in [-0.39, 0.29) is 35.3 Å². The molecule has 2 saturated heterocycles. The molecule has 0 spiro atoms. The van der Waals surface area contributed by atoms with Crippen LogP contribution in [-0.2, 0) is 22.6 Å². The van der Waals surface area contributed by atoms with E-state index in [0.717, 1.165) is 19.4 Å². The van der Waals surface area contributed by atoms with Gasteiger partial charge in [0.05, 0.1) is 0 Å². The van der Waals surface area contributed by atoms with Crippen LogP contribution in [0.4, 0.5) is 0 Å². The summed E-state index contributed by atoms with van der Waals surface area (Å²) >= 11 is 0. The van der Waals surface area contributed by atoms with Gasteiger partial charge in [-0.05, 0) is 24.5 Å². The zero-order valence-electron chi connectivity index (χ0n) is 17.5. The van der Waals surface area contributed by atoms with Crippen LogP contribution >= 0.6 is 0 Å². The summed E-state index contributed by atoms with van der Waals surface area (Å²) in [5.74, 6) is 0.454. The molecule has 0 bridgehead atoms. The van der Waals surface area contributed by atoms with Crippen LogP contribution in [0.3, 0.4) is 0 Å². The van der Waals surface area contributed by atoms with E-state index in [1.165, 1.54) is 16.2 Å². The van der Waals surface area contributed by atoms with Gasteiger partial charge < -0.3 is 14.4 Å².